The lowest BCUT2D eigenvalue weighted by Crippen LogP contribution is -2.49. The van der Waals surface area contributed by atoms with E-state index in [9.17, 15) is 27.6 Å². The van der Waals surface area contributed by atoms with Crippen LogP contribution in [0.15, 0.2) is 0 Å². The van der Waals surface area contributed by atoms with Crippen molar-refractivity contribution in [1.82, 2.24) is 15.5 Å². The van der Waals surface area contributed by atoms with Crippen molar-refractivity contribution in [2.24, 2.45) is 5.92 Å². The monoisotopic (exact) mass is 313 g/mol. The second-order valence-corrected chi connectivity index (χ2v) is 4.72. The van der Waals surface area contributed by atoms with Gasteiger partial charge >= 0.3 is 18.2 Å². The predicted octanol–water partition coefficient (Wildman–Crippen LogP) is 0.417. The van der Waals surface area contributed by atoms with Crippen LogP contribution in [0.3, 0.4) is 0 Å². The molecule has 0 aromatic heterocycles. The third-order valence-electron chi connectivity index (χ3n) is 2.09. The second kappa shape index (κ2) is 8.32. The highest BCUT2D eigenvalue weighted by Crippen LogP contribution is 2.16. The van der Waals surface area contributed by atoms with Gasteiger partial charge in [0.25, 0.3) is 0 Å². The number of carboxylic acid groups (broad SMARTS) is 1. The van der Waals surface area contributed by atoms with E-state index < -0.39 is 43.7 Å². The molecule has 0 saturated heterocycles. The number of amides is 3. The predicted molar refractivity (Wildman–Crippen MR) is 66.5 cm³/mol. The Bertz CT molecular complexity index is 385. The minimum absolute atomic E-state index is 0.0675. The first-order chi connectivity index (χ1) is 9.51. The number of carbonyl (C=O) groups is 3. The molecule has 3 amide bonds. The van der Waals surface area contributed by atoms with Crippen molar-refractivity contribution in [3.05, 3.63) is 0 Å². The molecule has 0 aliphatic heterocycles. The average Bonchev–Trinajstić information content (AvgIpc) is 2.30. The number of urea groups is 1. The van der Waals surface area contributed by atoms with Crippen LogP contribution < -0.4 is 10.6 Å². The Hall–Kier alpha value is -2.00. The Kier molecular flexibility index (Phi) is 7.53. The van der Waals surface area contributed by atoms with E-state index in [-0.39, 0.29) is 10.8 Å². The molecule has 122 valence electrons. The molecule has 3 N–H and O–H groups in total. The molecule has 7 nitrogen and oxygen atoms in total. The van der Waals surface area contributed by atoms with Crippen LogP contribution in [-0.2, 0) is 9.59 Å². The lowest BCUT2D eigenvalue weighted by molar-refractivity contribution is -0.148. The fraction of sp³-hybridized carbons (Fsp3) is 0.727. The molecule has 0 bridgehead atoms. The quantitative estimate of drug-likeness (QED) is 0.634. The minimum Gasteiger partial charge on any atom is -0.480 e. The zero-order chi connectivity index (χ0) is 16.6. The Morgan fingerprint density at radius 2 is 1.76 bits per heavy atom. The molecule has 0 rings (SSSR count). The van der Waals surface area contributed by atoms with Crippen molar-refractivity contribution in [2.45, 2.75) is 20.0 Å². The third-order valence-corrected chi connectivity index (χ3v) is 2.09. The lowest BCUT2D eigenvalue weighted by Gasteiger charge is -2.22. The van der Waals surface area contributed by atoms with E-state index in [0.717, 1.165) is 0 Å². The molecule has 0 aliphatic carbocycles. The molecule has 0 spiro atoms. The molecule has 0 atom stereocenters. The van der Waals surface area contributed by atoms with E-state index in [1.165, 1.54) is 0 Å². The molecule has 0 aromatic carbocycles. The molecule has 0 radical (unpaired) electrons. The van der Waals surface area contributed by atoms with Crippen molar-refractivity contribution in [1.29, 1.82) is 0 Å². The Balaban J connectivity index is 4.40. The van der Waals surface area contributed by atoms with Gasteiger partial charge in [0.15, 0.2) is 0 Å². The molecule has 0 aromatic rings. The second-order valence-electron chi connectivity index (χ2n) is 4.72. The molecular weight excluding hydrogens is 295 g/mol. The Morgan fingerprint density at radius 1 is 1.19 bits per heavy atom. The molecule has 10 heteroatoms. The standard InChI is InChI=1S/C11H18F3N3O4/c1-7(2)3-15-8(18)4-16-10(21)17(5-9(19)20)6-11(12,13)14/h7H,3-6H2,1-2H3,(H,15,18)(H,16,21)(H,19,20). The van der Waals surface area contributed by atoms with E-state index in [2.05, 4.69) is 5.32 Å². The van der Waals surface area contributed by atoms with Crippen molar-refractivity contribution in [3.63, 3.8) is 0 Å². The Morgan fingerprint density at radius 3 is 2.19 bits per heavy atom. The van der Waals surface area contributed by atoms with Gasteiger partial charge in [-0.3, -0.25) is 9.59 Å². The fourth-order valence-electron chi connectivity index (χ4n) is 1.23. The highest BCUT2D eigenvalue weighted by Gasteiger charge is 2.34. The first kappa shape index (κ1) is 19.0. The summed E-state index contributed by atoms with van der Waals surface area (Å²) in [5, 5.41) is 12.9. The number of aliphatic carboxylic acids is 1. The first-order valence-electron chi connectivity index (χ1n) is 6.09. The Labute approximate surface area is 119 Å². The van der Waals surface area contributed by atoms with Crippen molar-refractivity contribution >= 4 is 17.9 Å². The van der Waals surface area contributed by atoms with Crippen LogP contribution in [0.5, 0.6) is 0 Å². The minimum atomic E-state index is -4.73. The molecule has 0 saturated carbocycles. The summed E-state index contributed by atoms with van der Waals surface area (Å²) in [5.74, 6) is -1.98. The maximum Gasteiger partial charge on any atom is 0.406 e. The van der Waals surface area contributed by atoms with Crippen molar-refractivity contribution in [3.8, 4) is 0 Å². The highest BCUT2D eigenvalue weighted by molar-refractivity contribution is 5.85. The first-order valence-corrected chi connectivity index (χ1v) is 6.09. The number of carboxylic acids is 1. The van der Waals surface area contributed by atoms with Crippen molar-refractivity contribution in [2.75, 3.05) is 26.2 Å². The largest absolute Gasteiger partial charge is 0.480 e. The summed E-state index contributed by atoms with van der Waals surface area (Å²) in [6.45, 7) is 0.695. The van der Waals surface area contributed by atoms with Crippen LogP contribution >= 0.6 is 0 Å². The number of rotatable bonds is 7. The van der Waals surface area contributed by atoms with Crippen LogP contribution in [0.1, 0.15) is 13.8 Å². The average molecular weight is 313 g/mol. The van der Waals surface area contributed by atoms with E-state index in [4.69, 9.17) is 5.11 Å². The van der Waals surface area contributed by atoms with E-state index in [1.54, 1.807) is 0 Å². The number of carbonyl (C=O) groups excluding carboxylic acids is 2. The SMILES string of the molecule is CC(C)CNC(=O)CNC(=O)N(CC(=O)O)CC(F)(F)F. The summed E-state index contributed by atoms with van der Waals surface area (Å²) in [5.41, 5.74) is 0. The normalized spacial score (nSPS) is 11.1. The summed E-state index contributed by atoms with van der Waals surface area (Å²) < 4.78 is 36.7. The number of nitrogens with zero attached hydrogens (tertiary/aromatic N) is 1. The van der Waals surface area contributed by atoms with Crippen LogP contribution in [0, 0.1) is 5.92 Å². The number of halogens is 3. The zero-order valence-corrected chi connectivity index (χ0v) is 11.7. The number of hydrogen-bond acceptors (Lipinski definition) is 3. The van der Waals surface area contributed by atoms with Gasteiger partial charge in [0.05, 0.1) is 6.54 Å². The van der Waals surface area contributed by atoms with E-state index in [0.29, 0.717) is 6.54 Å². The smallest absolute Gasteiger partial charge is 0.406 e. The van der Waals surface area contributed by atoms with E-state index in [1.807, 2.05) is 19.2 Å². The van der Waals surface area contributed by atoms with Gasteiger partial charge < -0.3 is 20.6 Å². The molecular formula is C11H18F3N3O4. The summed E-state index contributed by atoms with van der Waals surface area (Å²) in [4.78, 5) is 33.3. The number of hydrogen-bond donors (Lipinski definition) is 3. The summed E-state index contributed by atoms with van der Waals surface area (Å²) in [6.07, 6.45) is -4.73. The van der Waals surface area contributed by atoms with Gasteiger partial charge in [-0.15, -0.1) is 0 Å². The molecule has 21 heavy (non-hydrogen) atoms. The van der Waals surface area contributed by atoms with Gasteiger partial charge in [-0.2, -0.15) is 13.2 Å². The van der Waals surface area contributed by atoms with E-state index >= 15 is 0 Å². The third kappa shape index (κ3) is 10.4. The van der Waals surface area contributed by atoms with Crippen LogP contribution in [-0.4, -0.2) is 60.3 Å². The van der Waals surface area contributed by atoms with Gasteiger partial charge in [-0.25, -0.2) is 4.79 Å². The molecule has 0 heterocycles. The fourth-order valence-corrected chi connectivity index (χ4v) is 1.23. The summed E-state index contributed by atoms with van der Waals surface area (Å²) in [7, 11) is 0. The maximum absolute atomic E-state index is 12.2. The van der Waals surface area contributed by atoms with Crippen LogP contribution in [0.2, 0.25) is 0 Å². The van der Waals surface area contributed by atoms with Gasteiger partial charge in [0.1, 0.15) is 13.1 Å². The highest BCUT2D eigenvalue weighted by atomic mass is 19.4. The number of alkyl halides is 3. The van der Waals surface area contributed by atoms with Crippen molar-refractivity contribution < 1.29 is 32.7 Å². The molecule has 0 unspecified atom stereocenters. The lowest BCUT2D eigenvalue weighted by atomic mass is 10.2. The zero-order valence-electron chi connectivity index (χ0n) is 11.7. The van der Waals surface area contributed by atoms with Gasteiger partial charge in [-0.05, 0) is 5.92 Å². The molecule has 0 aliphatic rings. The topological polar surface area (TPSA) is 98.7 Å². The molecule has 0 fully saturated rings. The van der Waals surface area contributed by atoms with Crippen LogP contribution in [0.4, 0.5) is 18.0 Å². The van der Waals surface area contributed by atoms with Crippen LogP contribution in [0.25, 0.3) is 0 Å². The summed E-state index contributed by atoms with van der Waals surface area (Å²) in [6, 6.07) is -1.27. The van der Waals surface area contributed by atoms with Gasteiger partial charge in [0, 0.05) is 6.54 Å². The summed E-state index contributed by atoms with van der Waals surface area (Å²) >= 11 is 0. The van der Waals surface area contributed by atoms with Gasteiger partial charge in [0.2, 0.25) is 5.91 Å². The van der Waals surface area contributed by atoms with Gasteiger partial charge in [-0.1, -0.05) is 13.8 Å². The maximum atomic E-state index is 12.2. The number of nitrogens with one attached hydrogen (secondary N) is 2.